The van der Waals surface area contributed by atoms with Gasteiger partial charge >= 0.3 is 0 Å². The molecule has 0 unspecified atom stereocenters. The monoisotopic (exact) mass is 411 g/mol. The molecule has 8 heteroatoms. The molecule has 0 aliphatic heterocycles. The van der Waals surface area contributed by atoms with E-state index in [1.54, 1.807) is 18.2 Å². The summed E-state index contributed by atoms with van der Waals surface area (Å²) < 4.78 is 5.17. The second-order valence-electron chi connectivity index (χ2n) is 5.69. The number of carbonyl (C=O) groups is 2. The zero-order valence-corrected chi connectivity index (χ0v) is 16.5. The van der Waals surface area contributed by atoms with Gasteiger partial charge in [0.2, 0.25) is 11.8 Å². The number of carbonyl (C=O) groups excluding carboxylic acids is 2. The number of ether oxygens (including phenoxy) is 1. The summed E-state index contributed by atoms with van der Waals surface area (Å²) >= 11 is 5.93. The first-order chi connectivity index (χ1) is 12.5. The lowest BCUT2D eigenvalue weighted by Gasteiger charge is -2.11. The number of rotatable bonds is 8. The number of methoxy groups -OCH3 is 1. The summed E-state index contributed by atoms with van der Waals surface area (Å²) in [5, 5.41) is 5.95. The fourth-order valence-corrected chi connectivity index (χ4v) is 2.58. The SMILES string of the molecule is COc1ccc(Cl)cc1NC(=O)CCNC(=O)CCc1ccccc1N.Cl. The lowest BCUT2D eigenvalue weighted by atomic mass is 10.1. The minimum Gasteiger partial charge on any atom is -0.495 e. The Morgan fingerprint density at radius 2 is 1.85 bits per heavy atom. The van der Waals surface area contributed by atoms with Crippen LogP contribution in [0.25, 0.3) is 0 Å². The maximum absolute atomic E-state index is 12.0. The first-order valence-corrected chi connectivity index (χ1v) is 8.61. The summed E-state index contributed by atoms with van der Waals surface area (Å²) in [5.74, 6) is 0.159. The number of amides is 2. The Labute approximate surface area is 169 Å². The lowest BCUT2D eigenvalue weighted by molar-refractivity contribution is -0.121. The Balaban J connectivity index is 0.00000364. The third-order valence-corrected chi connectivity index (χ3v) is 4.02. The van der Waals surface area contributed by atoms with Gasteiger partial charge in [0, 0.05) is 30.1 Å². The van der Waals surface area contributed by atoms with E-state index in [4.69, 9.17) is 22.1 Å². The second-order valence-corrected chi connectivity index (χ2v) is 6.13. The molecule has 6 nitrogen and oxygen atoms in total. The minimum atomic E-state index is -0.238. The van der Waals surface area contributed by atoms with Crippen molar-refractivity contribution in [2.75, 3.05) is 24.7 Å². The van der Waals surface area contributed by atoms with Crippen molar-refractivity contribution in [1.82, 2.24) is 5.32 Å². The number of nitrogens with two attached hydrogens (primary N) is 1. The number of hydrogen-bond acceptors (Lipinski definition) is 4. The fourth-order valence-electron chi connectivity index (χ4n) is 2.40. The highest BCUT2D eigenvalue weighted by Crippen LogP contribution is 2.27. The molecule has 0 heterocycles. The molecule has 2 aromatic carbocycles. The molecule has 2 amide bonds. The van der Waals surface area contributed by atoms with Crippen LogP contribution in [0.15, 0.2) is 42.5 Å². The lowest BCUT2D eigenvalue weighted by Crippen LogP contribution is -2.27. The highest BCUT2D eigenvalue weighted by molar-refractivity contribution is 6.31. The van der Waals surface area contributed by atoms with Crippen LogP contribution in [0.1, 0.15) is 18.4 Å². The number of benzene rings is 2. The third-order valence-electron chi connectivity index (χ3n) is 3.79. The Kier molecular flexibility index (Phi) is 9.47. The van der Waals surface area contributed by atoms with E-state index in [9.17, 15) is 9.59 Å². The van der Waals surface area contributed by atoms with Crippen LogP contribution in [0.2, 0.25) is 5.02 Å². The van der Waals surface area contributed by atoms with Gasteiger partial charge in [0.1, 0.15) is 5.75 Å². The van der Waals surface area contributed by atoms with Crippen LogP contribution in [0.4, 0.5) is 11.4 Å². The van der Waals surface area contributed by atoms with E-state index in [0.717, 1.165) is 5.56 Å². The Morgan fingerprint density at radius 1 is 1.11 bits per heavy atom. The largest absolute Gasteiger partial charge is 0.495 e. The fraction of sp³-hybridized carbons (Fsp3) is 0.263. The average Bonchev–Trinajstić information content (AvgIpc) is 2.61. The predicted molar refractivity (Wildman–Crippen MR) is 111 cm³/mol. The molecule has 0 radical (unpaired) electrons. The Hall–Kier alpha value is -2.44. The molecule has 2 rings (SSSR count). The normalized spacial score (nSPS) is 9.85. The molecule has 27 heavy (non-hydrogen) atoms. The summed E-state index contributed by atoms with van der Waals surface area (Å²) in [4.78, 5) is 23.9. The van der Waals surface area contributed by atoms with Crippen molar-refractivity contribution in [3.05, 3.63) is 53.1 Å². The van der Waals surface area contributed by atoms with Crippen LogP contribution in [0.3, 0.4) is 0 Å². The molecule has 0 fully saturated rings. The van der Waals surface area contributed by atoms with E-state index in [1.807, 2.05) is 24.3 Å². The number of halogens is 2. The molecular formula is C19H23Cl2N3O3. The van der Waals surface area contributed by atoms with Gasteiger partial charge in [-0.1, -0.05) is 29.8 Å². The number of hydrogen-bond donors (Lipinski definition) is 3. The zero-order valence-electron chi connectivity index (χ0n) is 15.0. The Bertz CT molecular complexity index is 785. The summed E-state index contributed by atoms with van der Waals surface area (Å²) in [5.41, 5.74) is 7.96. The molecule has 0 saturated heterocycles. The smallest absolute Gasteiger partial charge is 0.226 e. The highest BCUT2D eigenvalue weighted by atomic mass is 35.5. The van der Waals surface area contributed by atoms with E-state index in [2.05, 4.69) is 10.6 Å². The van der Waals surface area contributed by atoms with E-state index < -0.39 is 0 Å². The first-order valence-electron chi connectivity index (χ1n) is 8.23. The van der Waals surface area contributed by atoms with Gasteiger partial charge in [-0.2, -0.15) is 0 Å². The van der Waals surface area contributed by atoms with Crippen molar-refractivity contribution < 1.29 is 14.3 Å². The molecule has 0 saturated carbocycles. The molecule has 0 bridgehead atoms. The van der Waals surface area contributed by atoms with Crippen LogP contribution >= 0.6 is 24.0 Å². The quantitative estimate of drug-likeness (QED) is 0.579. The van der Waals surface area contributed by atoms with Gasteiger partial charge in [0.05, 0.1) is 12.8 Å². The molecule has 146 valence electrons. The van der Waals surface area contributed by atoms with Gasteiger partial charge in [-0.15, -0.1) is 12.4 Å². The number of anilines is 2. The maximum atomic E-state index is 12.0. The van der Waals surface area contributed by atoms with Crippen LogP contribution in [0.5, 0.6) is 5.75 Å². The minimum absolute atomic E-state index is 0. The summed E-state index contributed by atoms with van der Waals surface area (Å²) in [6.07, 6.45) is 1.03. The topological polar surface area (TPSA) is 93.5 Å². The summed E-state index contributed by atoms with van der Waals surface area (Å²) in [6.45, 7) is 0.248. The van der Waals surface area contributed by atoms with Crippen molar-refractivity contribution >= 4 is 47.2 Å². The van der Waals surface area contributed by atoms with E-state index in [0.29, 0.717) is 35.0 Å². The Morgan fingerprint density at radius 3 is 2.56 bits per heavy atom. The van der Waals surface area contributed by atoms with Gasteiger partial charge in [-0.05, 0) is 36.2 Å². The van der Waals surface area contributed by atoms with Gasteiger partial charge in [-0.3, -0.25) is 9.59 Å². The molecule has 0 spiro atoms. The zero-order chi connectivity index (χ0) is 18.9. The van der Waals surface area contributed by atoms with Crippen LogP contribution in [-0.2, 0) is 16.0 Å². The van der Waals surface area contributed by atoms with Crippen molar-refractivity contribution in [3.63, 3.8) is 0 Å². The molecule has 0 aromatic heterocycles. The van der Waals surface area contributed by atoms with Gasteiger partial charge in [-0.25, -0.2) is 0 Å². The van der Waals surface area contributed by atoms with Crippen molar-refractivity contribution in [3.8, 4) is 5.75 Å². The van der Waals surface area contributed by atoms with Crippen LogP contribution < -0.4 is 21.1 Å². The van der Waals surface area contributed by atoms with Gasteiger partial charge < -0.3 is 21.1 Å². The number of nitrogens with one attached hydrogen (secondary N) is 2. The summed E-state index contributed by atoms with van der Waals surface area (Å²) in [6, 6.07) is 12.4. The predicted octanol–water partition coefficient (Wildman–Crippen LogP) is 3.43. The highest BCUT2D eigenvalue weighted by Gasteiger charge is 2.09. The molecule has 0 atom stereocenters. The van der Waals surface area contributed by atoms with E-state index >= 15 is 0 Å². The standard InChI is InChI=1S/C19H22ClN3O3.ClH/c1-26-17-8-7-14(20)12-16(17)23-19(25)10-11-22-18(24)9-6-13-4-2-3-5-15(13)21;/h2-5,7-8,12H,6,9-11,21H2,1H3,(H,22,24)(H,23,25);1H. The average molecular weight is 412 g/mol. The molecule has 0 aliphatic rings. The van der Waals surface area contributed by atoms with E-state index in [1.165, 1.54) is 7.11 Å². The van der Waals surface area contributed by atoms with Crippen molar-refractivity contribution in [2.24, 2.45) is 0 Å². The molecule has 4 N–H and O–H groups in total. The molecule has 0 aliphatic carbocycles. The van der Waals surface area contributed by atoms with Crippen molar-refractivity contribution in [1.29, 1.82) is 0 Å². The number of nitrogen functional groups attached to an aromatic ring is 1. The third kappa shape index (κ3) is 7.37. The van der Waals surface area contributed by atoms with Gasteiger partial charge in [0.25, 0.3) is 0 Å². The number of aryl methyl sites for hydroxylation is 1. The van der Waals surface area contributed by atoms with Crippen molar-refractivity contribution in [2.45, 2.75) is 19.3 Å². The molecule has 2 aromatic rings. The second kappa shape index (κ2) is 11.3. The van der Waals surface area contributed by atoms with Crippen LogP contribution in [-0.4, -0.2) is 25.5 Å². The maximum Gasteiger partial charge on any atom is 0.226 e. The number of para-hydroxylation sites is 1. The van der Waals surface area contributed by atoms with E-state index in [-0.39, 0.29) is 37.2 Å². The van der Waals surface area contributed by atoms with Gasteiger partial charge in [0.15, 0.2) is 0 Å². The summed E-state index contributed by atoms with van der Waals surface area (Å²) in [7, 11) is 1.51. The van der Waals surface area contributed by atoms with Crippen LogP contribution in [0, 0.1) is 0 Å². The molecular weight excluding hydrogens is 389 g/mol. The first kappa shape index (κ1) is 22.6.